The molecule has 178 valence electrons. The molecule has 3 heterocycles. The normalized spacial score (nSPS) is 18.3. The summed E-state index contributed by atoms with van der Waals surface area (Å²) in [6, 6.07) is 17.9. The van der Waals surface area contributed by atoms with Crippen LogP contribution in [0, 0.1) is 5.92 Å². The lowest BCUT2D eigenvalue weighted by atomic mass is 9.95. The number of hydrogen-bond donors (Lipinski definition) is 0. The second kappa shape index (κ2) is 10.7. The molecule has 0 N–H and O–H groups in total. The van der Waals surface area contributed by atoms with Crippen LogP contribution in [-0.4, -0.2) is 70.0 Å². The van der Waals surface area contributed by atoms with Gasteiger partial charge in [-0.25, -0.2) is 0 Å². The molecule has 2 aliphatic heterocycles. The first-order valence-electron chi connectivity index (χ1n) is 12.0. The van der Waals surface area contributed by atoms with Crippen molar-refractivity contribution in [1.82, 2.24) is 24.8 Å². The van der Waals surface area contributed by atoms with Crippen molar-refractivity contribution in [2.45, 2.75) is 25.9 Å². The molecule has 3 aromatic rings. The number of carbonyl (C=O) groups excluding carboxylic acids is 1. The van der Waals surface area contributed by atoms with Gasteiger partial charge in [0.05, 0.1) is 6.54 Å². The molecule has 1 amide bonds. The number of piperazine rings is 1. The van der Waals surface area contributed by atoms with Gasteiger partial charge in [-0.1, -0.05) is 47.1 Å². The third-order valence-electron chi connectivity index (χ3n) is 6.80. The number of amides is 1. The van der Waals surface area contributed by atoms with E-state index in [0.29, 0.717) is 29.2 Å². The average molecular weight is 480 g/mol. The highest BCUT2D eigenvalue weighted by molar-refractivity contribution is 6.30. The number of likely N-dealkylation sites (tertiary alicyclic amines) is 1. The fraction of sp³-hybridized carbons (Fsp3) is 0.423. The zero-order chi connectivity index (χ0) is 23.3. The van der Waals surface area contributed by atoms with Crippen LogP contribution in [0.1, 0.15) is 24.3 Å². The zero-order valence-electron chi connectivity index (χ0n) is 19.3. The van der Waals surface area contributed by atoms with Crippen LogP contribution < -0.4 is 0 Å². The Bertz CT molecular complexity index is 1070. The van der Waals surface area contributed by atoms with Crippen LogP contribution in [0.5, 0.6) is 0 Å². The van der Waals surface area contributed by atoms with E-state index >= 15 is 0 Å². The Morgan fingerprint density at radius 1 is 0.882 bits per heavy atom. The second-order valence-corrected chi connectivity index (χ2v) is 9.59. The summed E-state index contributed by atoms with van der Waals surface area (Å²) in [7, 11) is 0. The summed E-state index contributed by atoms with van der Waals surface area (Å²) in [5, 5.41) is 4.78. The van der Waals surface area contributed by atoms with E-state index in [4.69, 9.17) is 16.1 Å². The molecule has 0 spiro atoms. The molecule has 2 aliphatic rings. The number of nitrogens with zero attached hydrogens (tertiary/aromatic N) is 5. The number of piperidine rings is 1. The summed E-state index contributed by atoms with van der Waals surface area (Å²) in [5.74, 6) is 1.61. The predicted molar refractivity (Wildman–Crippen MR) is 131 cm³/mol. The highest BCUT2D eigenvalue weighted by Crippen LogP contribution is 2.23. The predicted octanol–water partition coefficient (Wildman–Crippen LogP) is 3.95. The maximum atomic E-state index is 13.1. The van der Waals surface area contributed by atoms with Gasteiger partial charge in [-0.05, 0) is 55.8 Å². The van der Waals surface area contributed by atoms with E-state index in [1.54, 1.807) is 0 Å². The molecule has 0 bridgehead atoms. The van der Waals surface area contributed by atoms with Gasteiger partial charge in [0.1, 0.15) is 0 Å². The van der Waals surface area contributed by atoms with Gasteiger partial charge in [-0.2, -0.15) is 4.98 Å². The van der Waals surface area contributed by atoms with E-state index in [-0.39, 0.29) is 5.92 Å². The number of carbonyl (C=O) groups is 1. The lowest BCUT2D eigenvalue weighted by Crippen LogP contribution is -2.51. The first-order chi connectivity index (χ1) is 16.6. The second-order valence-electron chi connectivity index (χ2n) is 9.16. The van der Waals surface area contributed by atoms with Crippen LogP contribution in [-0.2, 0) is 17.9 Å². The van der Waals surface area contributed by atoms with Gasteiger partial charge >= 0.3 is 0 Å². The average Bonchev–Trinajstić information content (AvgIpc) is 3.34. The van der Waals surface area contributed by atoms with Crippen LogP contribution in [0.2, 0.25) is 5.02 Å². The molecule has 7 nitrogen and oxygen atoms in total. The van der Waals surface area contributed by atoms with Crippen molar-refractivity contribution in [3.05, 3.63) is 71.1 Å². The number of benzene rings is 2. The fourth-order valence-corrected chi connectivity index (χ4v) is 4.92. The third-order valence-corrected chi connectivity index (χ3v) is 7.05. The summed E-state index contributed by atoms with van der Waals surface area (Å²) in [6.45, 7) is 6.81. The molecule has 5 rings (SSSR count). The van der Waals surface area contributed by atoms with E-state index < -0.39 is 0 Å². The Morgan fingerprint density at radius 2 is 1.56 bits per heavy atom. The molecule has 2 saturated heterocycles. The maximum absolute atomic E-state index is 13.1. The molecule has 0 aliphatic carbocycles. The monoisotopic (exact) mass is 479 g/mol. The molecule has 34 heavy (non-hydrogen) atoms. The molecule has 1 aromatic heterocycles. The van der Waals surface area contributed by atoms with E-state index in [9.17, 15) is 4.79 Å². The molecule has 8 heteroatoms. The quantitative estimate of drug-likeness (QED) is 0.533. The van der Waals surface area contributed by atoms with Gasteiger partial charge in [0, 0.05) is 49.2 Å². The van der Waals surface area contributed by atoms with Crippen LogP contribution >= 0.6 is 11.6 Å². The Morgan fingerprint density at radius 3 is 2.26 bits per heavy atom. The molecule has 0 saturated carbocycles. The van der Waals surface area contributed by atoms with E-state index in [1.807, 2.05) is 30.3 Å². The SMILES string of the molecule is O=C(C1CCN(Cc2nc(-c3ccc(Cl)cc3)no2)CC1)N1CCN(Cc2ccccc2)CC1. The minimum atomic E-state index is 0.115. The van der Waals surface area contributed by atoms with E-state index in [2.05, 4.69) is 49.1 Å². The Balaban J connectivity index is 1.06. The fourth-order valence-electron chi connectivity index (χ4n) is 4.79. The largest absolute Gasteiger partial charge is 0.340 e. The van der Waals surface area contributed by atoms with E-state index in [1.165, 1.54) is 5.56 Å². The molecule has 0 atom stereocenters. The molecule has 2 fully saturated rings. The van der Waals surface area contributed by atoms with Crippen molar-refractivity contribution in [3.8, 4) is 11.4 Å². The summed E-state index contributed by atoms with van der Waals surface area (Å²) in [5.41, 5.74) is 2.21. The van der Waals surface area contributed by atoms with Crippen LogP contribution in [0.15, 0.2) is 59.1 Å². The van der Waals surface area contributed by atoms with Crippen LogP contribution in [0.3, 0.4) is 0 Å². The number of halogens is 1. The molecular formula is C26H30ClN5O2. The van der Waals surface area contributed by atoms with Gasteiger partial charge < -0.3 is 9.42 Å². The van der Waals surface area contributed by atoms with Gasteiger partial charge in [0.2, 0.25) is 17.6 Å². The Hall–Kier alpha value is -2.74. The zero-order valence-corrected chi connectivity index (χ0v) is 20.0. The summed E-state index contributed by atoms with van der Waals surface area (Å²) >= 11 is 5.95. The van der Waals surface area contributed by atoms with Crippen LogP contribution in [0.4, 0.5) is 0 Å². The number of rotatable bonds is 6. The maximum Gasteiger partial charge on any atom is 0.241 e. The van der Waals surface area contributed by atoms with Gasteiger partial charge in [0.25, 0.3) is 0 Å². The topological polar surface area (TPSA) is 65.7 Å². The van der Waals surface area contributed by atoms with Crippen molar-refractivity contribution in [3.63, 3.8) is 0 Å². The molecule has 0 unspecified atom stereocenters. The van der Waals surface area contributed by atoms with Crippen LogP contribution in [0.25, 0.3) is 11.4 Å². The minimum Gasteiger partial charge on any atom is -0.340 e. The van der Waals surface area contributed by atoms with Gasteiger partial charge in [-0.3, -0.25) is 14.6 Å². The van der Waals surface area contributed by atoms with Crippen molar-refractivity contribution in [2.75, 3.05) is 39.3 Å². The molecular weight excluding hydrogens is 450 g/mol. The van der Waals surface area contributed by atoms with Crippen molar-refractivity contribution in [2.24, 2.45) is 5.92 Å². The molecule has 0 radical (unpaired) electrons. The van der Waals surface area contributed by atoms with Crippen molar-refractivity contribution in [1.29, 1.82) is 0 Å². The number of aromatic nitrogens is 2. The summed E-state index contributed by atoms with van der Waals surface area (Å²) in [6.07, 6.45) is 1.75. The lowest BCUT2D eigenvalue weighted by molar-refractivity contribution is -0.139. The smallest absolute Gasteiger partial charge is 0.241 e. The Kier molecular flexibility index (Phi) is 7.23. The standard InChI is InChI=1S/C26H30ClN5O2/c27-23-8-6-21(7-9-23)25-28-24(34-29-25)19-30-12-10-22(11-13-30)26(33)32-16-14-31(15-17-32)18-20-4-2-1-3-5-20/h1-9,22H,10-19H2. The first kappa shape index (κ1) is 23.0. The number of hydrogen-bond acceptors (Lipinski definition) is 6. The first-order valence-corrected chi connectivity index (χ1v) is 12.4. The minimum absolute atomic E-state index is 0.115. The lowest BCUT2D eigenvalue weighted by Gasteiger charge is -2.38. The summed E-state index contributed by atoms with van der Waals surface area (Å²) in [4.78, 5) is 24.4. The highest BCUT2D eigenvalue weighted by atomic mass is 35.5. The van der Waals surface area contributed by atoms with Crippen molar-refractivity contribution >= 4 is 17.5 Å². The highest BCUT2D eigenvalue weighted by Gasteiger charge is 2.31. The molecule has 2 aromatic carbocycles. The third kappa shape index (κ3) is 5.66. The Labute approximate surface area is 205 Å². The van der Waals surface area contributed by atoms with E-state index in [0.717, 1.165) is 64.2 Å². The summed E-state index contributed by atoms with van der Waals surface area (Å²) < 4.78 is 5.46. The van der Waals surface area contributed by atoms with Gasteiger partial charge in [-0.15, -0.1) is 0 Å². The van der Waals surface area contributed by atoms with Gasteiger partial charge in [0.15, 0.2) is 0 Å². The van der Waals surface area contributed by atoms with Crippen molar-refractivity contribution < 1.29 is 9.32 Å².